The minimum atomic E-state index is -1.23. The van der Waals surface area contributed by atoms with Crippen LogP contribution in [0.5, 0.6) is 0 Å². The number of hydrogen-bond acceptors (Lipinski definition) is 10. The molecular weight excluding hydrogens is 558 g/mol. The molecule has 1 aromatic rings. The van der Waals surface area contributed by atoms with Crippen molar-refractivity contribution in [2.24, 2.45) is 0 Å². The van der Waals surface area contributed by atoms with E-state index >= 15 is 0 Å². The molecule has 3 aliphatic rings. The number of fused-ring (bicyclic) bond motifs is 1. The van der Waals surface area contributed by atoms with Crippen LogP contribution in [0.2, 0.25) is 0 Å². The lowest BCUT2D eigenvalue weighted by Crippen LogP contribution is -2.70. The molecule has 1 saturated heterocycles. The first kappa shape index (κ1) is 29.7. The SMILES string of the molecule is CCCOC1=CCCC(CC(=O)NC2C(=O)N3C(C(=O)O)=C(CSc4nnc(C(C)C)n4C(=O)OC)CS[C@@H]23)=C1. The van der Waals surface area contributed by atoms with E-state index in [2.05, 4.69) is 15.5 Å². The highest BCUT2D eigenvalue weighted by atomic mass is 32.2. The van der Waals surface area contributed by atoms with Gasteiger partial charge >= 0.3 is 12.1 Å². The topological polar surface area (TPSA) is 153 Å². The summed E-state index contributed by atoms with van der Waals surface area (Å²) in [5.74, 6) is -0.352. The molecule has 1 aromatic heterocycles. The molecule has 0 radical (unpaired) electrons. The average Bonchev–Trinajstić information content (AvgIpc) is 3.37. The summed E-state index contributed by atoms with van der Waals surface area (Å²) in [6.45, 7) is 6.37. The van der Waals surface area contributed by atoms with Crippen molar-refractivity contribution in [3.63, 3.8) is 0 Å². The van der Waals surface area contributed by atoms with Gasteiger partial charge in [-0.3, -0.25) is 14.5 Å². The first-order chi connectivity index (χ1) is 19.2. The number of aromatic nitrogens is 3. The molecule has 1 aliphatic carbocycles. The third kappa shape index (κ3) is 6.22. The van der Waals surface area contributed by atoms with Gasteiger partial charge in [0.25, 0.3) is 5.91 Å². The molecule has 0 aromatic carbocycles. The van der Waals surface area contributed by atoms with E-state index in [1.807, 2.05) is 32.9 Å². The molecule has 3 heterocycles. The van der Waals surface area contributed by atoms with Crippen LogP contribution in [0.3, 0.4) is 0 Å². The van der Waals surface area contributed by atoms with Crippen molar-refractivity contribution in [1.82, 2.24) is 25.0 Å². The number of ether oxygens (including phenoxy) is 2. The number of carboxylic acid groups (broad SMARTS) is 1. The molecule has 2 atom stereocenters. The number of allylic oxidation sites excluding steroid dienone is 2. The van der Waals surface area contributed by atoms with Gasteiger partial charge in [-0.15, -0.1) is 22.0 Å². The molecule has 2 aliphatic heterocycles. The summed E-state index contributed by atoms with van der Waals surface area (Å²) in [6, 6.07) is -0.798. The fourth-order valence-electron chi connectivity index (χ4n) is 4.58. The monoisotopic (exact) mass is 591 g/mol. The molecule has 40 heavy (non-hydrogen) atoms. The average molecular weight is 592 g/mol. The number of nitrogens with one attached hydrogen (secondary N) is 1. The first-order valence-electron chi connectivity index (χ1n) is 13.0. The van der Waals surface area contributed by atoms with E-state index in [9.17, 15) is 24.3 Å². The number of amides is 2. The van der Waals surface area contributed by atoms with Gasteiger partial charge in [-0.1, -0.05) is 38.1 Å². The predicted molar refractivity (Wildman–Crippen MR) is 149 cm³/mol. The van der Waals surface area contributed by atoms with E-state index in [-0.39, 0.29) is 34.9 Å². The number of methoxy groups -OCH3 is 1. The van der Waals surface area contributed by atoms with Crippen LogP contribution in [0.1, 0.15) is 58.2 Å². The maximum atomic E-state index is 13.1. The molecule has 1 fully saturated rings. The standard InChI is InChI=1S/C26H33N5O7S2/c1-5-9-38-17-8-6-7-15(10-17)11-18(32)27-19-22(33)30-20(24(34)35)16(12-39-23(19)30)13-40-25-29-28-21(14(2)3)31(25)26(36)37-4/h8,10,14,19,23H,5-7,9,11-13H2,1-4H3,(H,27,32)(H,34,35)/t19?,23-/m0/s1. The molecule has 216 valence electrons. The maximum absolute atomic E-state index is 13.1. The zero-order valence-electron chi connectivity index (χ0n) is 22.8. The van der Waals surface area contributed by atoms with Crippen molar-refractivity contribution in [3.05, 3.63) is 40.6 Å². The normalized spacial score (nSPS) is 20.4. The minimum absolute atomic E-state index is 0.0890. The fraction of sp³-hybridized carbons (Fsp3) is 0.538. The number of carboxylic acids is 1. The summed E-state index contributed by atoms with van der Waals surface area (Å²) in [5.41, 5.74) is 1.34. The Morgan fingerprint density at radius 3 is 2.75 bits per heavy atom. The van der Waals surface area contributed by atoms with Crippen LogP contribution >= 0.6 is 23.5 Å². The van der Waals surface area contributed by atoms with Crippen LogP contribution in [0.15, 0.2) is 39.9 Å². The Bertz CT molecular complexity index is 1290. The van der Waals surface area contributed by atoms with E-state index in [0.29, 0.717) is 23.8 Å². The van der Waals surface area contributed by atoms with Crippen LogP contribution in [0.4, 0.5) is 4.79 Å². The Kier molecular flexibility index (Phi) is 9.61. The number of rotatable bonds is 11. The first-order valence-corrected chi connectivity index (χ1v) is 15.1. The summed E-state index contributed by atoms with van der Waals surface area (Å²) in [6.07, 6.45) is 5.81. The lowest BCUT2D eigenvalue weighted by Gasteiger charge is -2.49. The lowest BCUT2D eigenvalue weighted by atomic mass is 9.99. The maximum Gasteiger partial charge on any atom is 0.421 e. The van der Waals surface area contributed by atoms with Crippen LogP contribution in [0.25, 0.3) is 0 Å². The van der Waals surface area contributed by atoms with Gasteiger partial charge in [-0.05, 0) is 37.0 Å². The molecule has 0 saturated carbocycles. The zero-order valence-corrected chi connectivity index (χ0v) is 24.5. The third-order valence-corrected chi connectivity index (χ3v) is 8.85. The third-order valence-electron chi connectivity index (χ3n) is 6.49. The molecule has 0 spiro atoms. The van der Waals surface area contributed by atoms with Crippen molar-refractivity contribution >= 4 is 47.4 Å². The Morgan fingerprint density at radius 1 is 1.30 bits per heavy atom. The number of hydrogen-bond donors (Lipinski definition) is 2. The number of nitrogens with zero attached hydrogens (tertiary/aromatic N) is 4. The Balaban J connectivity index is 1.42. The van der Waals surface area contributed by atoms with E-state index in [1.165, 1.54) is 28.3 Å². The number of aliphatic carboxylic acids is 1. The van der Waals surface area contributed by atoms with E-state index in [4.69, 9.17) is 9.47 Å². The van der Waals surface area contributed by atoms with Gasteiger partial charge in [-0.25, -0.2) is 14.2 Å². The molecule has 1 unspecified atom stereocenters. The van der Waals surface area contributed by atoms with Crippen molar-refractivity contribution in [2.45, 2.75) is 68.9 Å². The Hall–Kier alpha value is -3.26. The number of carbonyl (C=O) groups excluding carboxylic acids is 3. The second kappa shape index (κ2) is 12.9. The Morgan fingerprint density at radius 2 is 2.08 bits per heavy atom. The molecule has 4 rings (SSSR count). The van der Waals surface area contributed by atoms with E-state index in [1.54, 1.807) is 0 Å². The van der Waals surface area contributed by atoms with Crippen molar-refractivity contribution < 1.29 is 33.8 Å². The van der Waals surface area contributed by atoms with Crippen LogP contribution < -0.4 is 5.32 Å². The summed E-state index contributed by atoms with van der Waals surface area (Å²) in [7, 11) is 1.26. The van der Waals surface area contributed by atoms with Gasteiger partial charge in [0, 0.05) is 23.8 Å². The van der Waals surface area contributed by atoms with Crippen LogP contribution in [0, 0.1) is 0 Å². The number of carbonyl (C=O) groups is 4. The minimum Gasteiger partial charge on any atom is -0.494 e. The molecule has 12 nitrogen and oxygen atoms in total. The quantitative estimate of drug-likeness (QED) is 0.288. The highest BCUT2D eigenvalue weighted by Gasteiger charge is 2.54. The van der Waals surface area contributed by atoms with Crippen molar-refractivity contribution in [2.75, 3.05) is 25.2 Å². The number of β-lactam (4-membered cyclic amide) rings is 1. The molecule has 0 bridgehead atoms. The lowest BCUT2D eigenvalue weighted by molar-refractivity contribution is -0.150. The molecule has 2 N–H and O–H groups in total. The van der Waals surface area contributed by atoms with Gasteiger partial charge < -0.3 is 19.9 Å². The molecular formula is C26H33N5O7S2. The summed E-state index contributed by atoms with van der Waals surface area (Å²) in [5, 5.41) is 20.7. The van der Waals surface area contributed by atoms with E-state index < -0.39 is 29.4 Å². The summed E-state index contributed by atoms with van der Waals surface area (Å²) < 4.78 is 11.8. The van der Waals surface area contributed by atoms with Crippen molar-refractivity contribution in [3.8, 4) is 0 Å². The fourth-order valence-corrected chi connectivity index (χ4v) is 6.99. The van der Waals surface area contributed by atoms with Gasteiger partial charge in [0.05, 0.1) is 13.7 Å². The van der Waals surface area contributed by atoms with Gasteiger partial charge in [0.2, 0.25) is 11.1 Å². The van der Waals surface area contributed by atoms with Crippen molar-refractivity contribution in [1.29, 1.82) is 0 Å². The van der Waals surface area contributed by atoms with Gasteiger partial charge in [-0.2, -0.15) is 0 Å². The van der Waals surface area contributed by atoms with Gasteiger partial charge in [0.15, 0.2) is 0 Å². The van der Waals surface area contributed by atoms with Crippen LogP contribution in [-0.2, 0) is 23.9 Å². The Labute approximate surface area is 240 Å². The second-order valence-electron chi connectivity index (χ2n) is 9.77. The van der Waals surface area contributed by atoms with Crippen LogP contribution in [-0.4, -0.2) is 85.3 Å². The van der Waals surface area contributed by atoms with E-state index in [0.717, 1.165) is 42.4 Å². The smallest absolute Gasteiger partial charge is 0.421 e. The number of thioether (sulfide) groups is 2. The molecule has 2 amide bonds. The summed E-state index contributed by atoms with van der Waals surface area (Å²) >= 11 is 2.54. The summed E-state index contributed by atoms with van der Waals surface area (Å²) in [4.78, 5) is 51.6. The van der Waals surface area contributed by atoms with Gasteiger partial charge in [0.1, 0.15) is 28.7 Å². The highest BCUT2D eigenvalue weighted by molar-refractivity contribution is 8.01. The largest absolute Gasteiger partial charge is 0.494 e. The molecule has 14 heteroatoms. The second-order valence-corrected chi connectivity index (χ2v) is 11.8. The highest BCUT2D eigenvalue weighted by Crippen LogP contribution is 2.41. The predicted octanol–water partition coefficient (Wildman–Crippen LogP) is 3.27. The zero-order chi connectivity index (χ0) is 29.0.